The summed E-state index contributed by atoms with van der Waals surface area (Å²) >= 11 is 2.86. The lowest BCUT2D eigenvalue weighted by atomic mass is 9.89. The largest absolute Gasteiger partial charge is 0.372 e. The molecular formula is C12H13NO3S2. The summed E-state index contributed by atoms with van der Waals surface area (Å²) < 4.78 is 0. The molecule has 2 N–H and O–H groups in total. The van der Waals surface area contributed by atoms with Crippen molar-refractivity contribution in [2.45, 2.75) is 12.5 Å². The van der Waals surface area contributed by atoms with E-state index >= 15 is 0 Å². The molecule has 0 aromatic carbocycles. The molecule has 2 aromatic rings. The Labute approximate surface area is 113 Å². The van der Waals surface area contributed by atoms with E-state index in [4.69, 9.17) is 4.84 Å². The van der Waals surface area contributed by atoms with Crippen LogP contribution >= 0.6 is 22.7 Å². The average molecular weight is 283 g/mol. The summed E-state index contributed by atoms with van der Waals surface area (Å²) in [6.45, 7) is 2.10. The van der Waals surface area contributed by atoms with Gasteiger partial charge in [-0.3, -0.25) is 9.63 Å². The molecule has 18 heavy (non-hydrogen) atoms. The number of carbonyl (C=O) groups excluding carboxylic acids is 1. The van der Waals surface area contributed by atoms with Crippen LogP contribution in [0.1, 0.15) is 18.1 Å². The van der Waals surface area contributed by atoms with Crippen LogP contribution in [0.25, 0.3) is 0 Å². The molecule has 2 aromatic heterocycles. The van der Waals surface area contributed by atoms with E-state index in [0.717, 1.165) is 0 Å². The molecule has 0 bridgehead atoms. The maximum atomic E-state index is 12.1. The Morgan fingerprint density at radius 2 is 1.89 bits per heavy atom. The van der Waals surface area contributed by atoms with Crippen molar-refractivity contribution in [1.29, 1.82) is 0 Å². The SMILES string of the molecule is CCONC(=O)C(O)(c1ccsc1)c1ccsc1. The molecule has 0 atom stereocenters. The van der Waals surface area contributed by atoms with Gasteiger partial charge in [-0.25, -0.2) is 5.48 Å². The summed E-state index contributed by atoms with van der Waals surface area (Å²) in [5.74, 6) is -0.582. The van der Waals surface area contributed by atoms with Crippen LogP contribution in [0.15, 0.2) is 33.7 Å². The zero-order chi connectivity index (χ0) is 13.0. The van der Waals surface area contributed by atoms with Crippen molar-refractivity contribution in [3.8, 4) is 0 Å². The van der Waals surface area contributed by atoms with E-state index in [0.29, 0.717) is 17.7 Å². The molecule has 0 aliphatic rings. The summed E-state index contributed by atoms with van der Waals surface area (Å²) in [5.41, 5.74) is 1.66. The predicted octanol–water partition coefficient (Wildman–Crippen LogP) is 2.11. The fourth-order valence-corrected chi connectivity index (χ4v) is 2.98. The first-order valence-corrected chi connectivity index (χ1v) is 7.28. The van der Waals surface area contributed by atoms with Crippen LogP contribution in [0.3, 0.4) is 0 Å². The molecule has 0 fully saturated rings. The molecule has 0 aliphatic carbocycles. The average Bonchev–Trinajstić information content (AvgIpc) is 3.05. The lowest BCUT2D eigenvalue weighted by Gasteiger charge is -2.25. The van der Waals surface area contributed by atoms with E-state index in [1.807, 2.05) is 10.8 Å². The maximum Gasteiger partial charge on any atom is 0.284 e. The lowest BCUT2D eigenvalue weighted by Crippen LogP contribution is -2.44. The Balaban J connectivity index is 2.38. The van der Waals surface area contributed by atoms with Gasteiger partial charge in [0.15, 0.2) is 5.60 Å². The quantitative estimate of drug-likeness (QED) is 0.826. The minimum atomic E-state index is -1.70. The second-order valence-electron chi connectivity index (χ2n) is 3.60. The van der Waals surface area contributed by atoms with Gasteiger partial charge in [-0.1, -0.05) is 0 Å². The summed E-state index contributed by atoms with van der Waals surface area (Å²) in [4.78, 5) is 17.0. The number of carbonyl (C=O) groups is 1. The van der Waals surface area contributed by atoms with Crippen LogP contribution in [0.2, 0.25) is 0 Å². The Bertz CT molecular complexity index is 459. The van der Waals surface area contributed by atoms with Crippen molar-refractivity contribution in [3.05, 3.63) is 44.8 Å². The van der Waals surface area contributed by atoms with Crippen LogP contribution < -0.4 is 5.48 Å². The molecule has 96 valence electrons. The standard InChI is InChI=1S/C12H13NO3S2/c1-2-16-13-11(14)12(15,9-3-5-17-7-9)10-4-6-18-8-10/h3-8,15H,2H2,1H3,(H,13,14). The van der Waals surface area contributed by atoms with Crippen molar-refractivity contribution < 1.29 is 14.7 Å². The van der Waals surface area contributed by atoms with E-state index in [2.05, 4.69) is 5.48 Å². The molecule has 0 saturated heterocycles. The summed E-state index contributed by atoms with van der Waals surface area (Å²) in [6, 6.07) is 3.46. The van der Waals surface area contributed by atoms with Crippen molar-refractivity contribution in [3.63, 3.8) is 0 Å². The van der Waals surface area contributed by atoms with Gasteiger partial charge in [-0.2, -0.15) is 22.7 Å². The number of hydrogen-bond donors (Lipinski definition) is 2. The van der Waals surface area contributed by atoms with E-state index in [-0.39, 0.29) is 0 Å². The molecule has 4 nitrogen and oxygen atoms in total. The number of aliphatic hydroxyl groups is 1. The Morgan fingerprint density at radius 3 is 2.28 bits per heavy atom. The van der Waals surface area contributed by atoms with Crippen LogP contribution in [-0.4, -0.2) is 17.6 Å². The number of amides is 1. The Hall–Kier alpha value is -1.21. The van der Waals surface area contributed by atoms with Crippen molar-refractivity contribution in [2.24, 2.45) is 0 Å². The number of thiophene rings is 2. The zero-order valence-electron chi connectivity index (χ0n) is 9.75. The van der Waals surface area contributed by atoms with Crippen LogP contribution in [-0.2, 0) is 15.2 Å². The highest BCUT2D eigenvalue weighted by molar-refractivity contribution is 7.08. The summed E-state index contributed by atoms with van der Waals surface area (Å²) in [7, 11) is 0. The molecule has 0 unspecified atom stereocenters. The third kappa shape index (κ3) is 2.32. The molecule has 2 heterocycles. The minimum Gasteiger partial charge on any atom is -0.372 e. The normalized spacial score (nSPS) is 11.4. The van der Waals surface area contributed by atoms with Crippen molar-refractivity contribution in [2.75, 3.05) is 6.61 Å². The first-order chi connectivity index (χ1) is 8.69. The number of rotatable bonds is 5. The molecular weight excluding hydrogens is 270 g/mol. The second kappa shape index (κ2) is 5.62. The Kier molecular flexibility index (Phi) is 4.13. The molecule has 6 heteroatoms. The highest BCUT2D eigenvalue weighted by Crippen LogP contribution is 2.32. The van der Waals surface area contributed by atoms with Gasteiger partial charge in [0.05, 0.1) is 6.61 Å². The Morgan fingerprint density at radius 1 is 1.33 bits per heavy atom. The molecule has 1 amide bonds. The van der Waals surface area contributed by atoms with Gasteiger partial charge in [0.1, 0.15) is 0 Å². The third-order valence-corrected chi connectivity index (χ3v) is 3.88. The predicted molar refractivity (Wildman–Crippen MR) is 71.4 cm³/mol. The minimum absolute atomic E-state index is 0.342. The summed E-state index contributed by atoms with van der Waals surface area (Å²) in [6.07, 6.45) is 0. The number of nitrogens with one attached hydrogen (secondary N) is 1. The van der Waals surface area contributed by atoms with Crippen molar-refractivity contribution in [1.82, 2.24) is 5.48 Å². The lowest BCUT2D eigenvalue weighted by molar-refractivity contribution is -0.149. The van der Waals surface area contributed by atoms with E-state index in [1.165, 1.54) is 22.7 Å². The fraction of sp³-hybridized carbons (Fsp3) is 0.250. The van der Waals surface area contributed by atoms with Crippen LogP contribution in [0.5, 0.6) is 0 Å². The van der Waals surface area contributed by atoms with Gasteiger partial charge >= 0.3 is 0 Å². The van der Waals surface area contributed by atoms with E-state index in [9.17, 15) is 9.90 Å². The van der Waals surface area contributed by atoms with Gasteiger partial charge < -0.3 is 5.11 Å². The highest BCUT2D eigenvalue weighted by atomic mass is 32.1. The van der Waals surface area contributed by atoms with Crippen LogP contribution in [0, 0.1) is 0 Å². The fourth-order valence-electron chi connectivity index (χ4n) is 1.58. The van der Waals surface area contributed by atoms with Gasteiger partial charge in [0.2, 0.25) is 0 Å². The monoisotopic (exact) mass is 283 g/mol. The smallest absolute Gasteiger partial charge is 0.284 e. The molecule has 0 radical (unpaired) electrons. The van der Waals surface area contributed by atoms with Crippen molar-refractivity contribution >= 4 is 28.6 Å². The third-order valence-electron chi connectivity index (χ3n) is 2.52. The first kappa shape index (κ1) is 13.2. The highest BCUT2D eigenvalue weighted by Gasteiger charge is 2.41. The molecule has 0 spiro atoms. The van der Waals surface area contributed by atoms with E-state index in [1.54, 1.807) is 29.8 Å². The molecule has 0 saturated carbocycles. The molecule has 0 aliphatic heterocycles. The van der Waals surface area contributed by atoms with Gasteiger partial charge in [0.25, 0.3) is 5.91 Å². The topological polar surface area (TPSA) is 58.6 Å². The van der Waals surface area contributed by atoms with E-state index < -0.39 is 11.5 Å². The zero-order valence-corrected chi connectivity index (χ0v) is 11.4. The number of hydrogen-bond acceptors (Lipinski definition) is 5. The summed E-state index contributed by atoms with van der Waals surface area (Å²) in [5, 5.41) is 17.9. The van der Waals surface area contributed by atoms with Gasteiger partial charge in [0, 0.05) is 11.1 Å². The van der Waals surface area contributed by atoms with Gasteiger partial charge in [-0.15, -0.1) is 0 Å². The van der Waals surface area contributed by atoms with Gasteiger partial charge in [-0.05, 0) is 40.6 Å². The maximum absolute atomic E-state index is 12.1. The van der Waals surface area contributed by atoms with Crippen LogP contribution in [0.4, 0.5) is 0 Å². The second-order valence-corrected chi connectivity index (χ2v) is 5.16. The number of hydroxylamine groups is 1. The first-order valence-electron chi connectivity index (χ1n) is 5.39. The molecule has 2 rings (SSSR count).